The van der Waals surface area contributed by atoms with Crippen molar-refractivity contribution in [1.82, 2.24) is 5.32 Å². The standard InChI is InChI=1S/C10H11N3O4S2/c11-19(16,17)8-4-2-1-3-6(8)12-9(14)7-5-18-10(15)13-7/h1-4,7H,5H2,(H,12,14)(H,13,15)(H2,11,16,17). The van der Waals surface area contributed by atoms with E-state index in [9.17, 15) is 18.0 Å². The first-order chi connectivity index (χ1) is 8.88. The van der Waals surface area contributed by atoms with Crippen LogP contribution in [-0.2, 0) is 14.8 Å². The first-order valence-electron chi connectivity index (χ1n) is 5.24. The average molecular weight is 301 g/mol. The Balaban J connectivity index is 2.20. The largest absolute Gasteiger partial charge is 0.334 e. The molecule has 1 aromatic carbocycles. The summed E-state index contributed by atoms with van der Waals surface area (Å²) in [5.41, 5.74) is 0.0983. The number of primary sulfonamides is 1. The van der Waals surface area contributed by atoms with E-state index in [1.54, 1.807) is 6.07 Å². The normalized spacial score (nSPS) is 19.0. The van der Waals surface area contributed by atoms with Gasteiger partial charge in [-0.3, -0.25) is 9.59 Å². The smallest absolute Gasteiger partial charge is 0.279 e. The Labute approximate surface area is 114 Å². The van der Waals surface area contributed by atoms with Crippen LogP contribution < -0.4 is 15.8 Å². The molecule has 1 unspecified atom stereocenters. The summed E-state index contributed by atoms with van der Waals surface area (Å²) in [5.74, 6) is -0.170. The topological polar surface area (TPSA) is 118 Å². The minimum absolute atomic E-state index is 0.0983. The fraction of sp³-hybridized carbons (Fsp3) is 0.200. The highest BCUT2D eigenvalue weighted by atomic mass is 32.2. The fourth-order valence-corrected chi connectivity index (χ4v) is 3.04. The molecule has 1 aliphatic rings. The second kappa shape index (κ2) is 5.19. The third kappa shape index (κ3) is 3.25. The SMILES string of the molecule is NS(=O)(=O)c1ccccc1NC(=O)C1CSC(=O)N1. The number of amides is 2. The van der Waals surface area contributed by atoms with Gasteiger partial charge in [-0.05, 0) is 12.1 Å². The van der Waals surface area contributed by atoms with Gasteiger partial charge in [0.1, 0.15) is 10.9 Å². The van der Waals surface area contributed by atoms with Crippen LogP contribution >= 0.6 is 11.8 Å². The van der Waals surface area contributed by atoms with Crippen molar-refractivity contribution in [1.29, 1.82) is 0 Å². The third-order valence-electron chi connectivity index (χ3n) is 2.44. The van der Waals surface area contributed by atoms with E-state index in [0.29, 0.717) is 5.75 Å². The maximum Gasteiger partial charge on any atom is 0.279 e. The molecule has 0 radical (unpaired) electrons. The van der Waals surface area contributed by atoms with E-state index >= 15 is 0 Å². The van der Waals surface area contributed by atoms with Gasteiger partial charge in [0.2, 0.25) is 15.9 Å². The van der Waals surface area contributed by atoms with Crippen LogP contribution in [-0.4, -0.2) is 31.4 Å². The number of para-hydroxylation sites is 1. The number of carbonyl (C=O) groups excluding carboxylic acids is 2. The van der Waals surface area contributed by atoms with Gasteiger partial charge in [-0.2, -0.15) is 0 Å². The number of thioether (sulfide) groups is 1. The zero-order valence-electron chi connectivity index (χ0n) is 9.62. The van der Waals surface area contributed by atoms with E-state index in [1.165, 1.54) is 18.2 Å². The molecular weight excluding hydrogens is 290 g/mol. The van der Waals surface area contributed by atoms with E-state index in [2.05, 4.69) is 10.6 Å². The second-order valence-corrected chi connectivity index (χ2v) is 6.35. The highest BCUT2D eigenvalue weighted by Gasteiger charge is 2.28. The Morgan fingerprint density at radius 2 is 2.11 bits per heavy atom. The van der Waals surface area contributed by atoms with Crippen LogP contribution in [0.2, 0.25) is 0 Å². The first-order valence-corrected chi connectivity index (χ1v) is 7.77. The van der Waals surface area contributed by atoms with E-state index in [1.807, 2.05) is 0 Å². The van der Waals surface area contributed by atoms with E-state index < -0.39 is 22.0 Å². The molecule has 0 aliphatic carbocycles. The van der Waals surface area contributed by atoms with Crippen molar-refractivity contribution in [2.75, 3.05) is 11.1 Å². The van der Waals surface area contributed by atoms with E-state index in [4.69, 9.17) is 5.14 Å². The van der Waals surface area contributed by atoms with Gasteiger partial charge in [0.25, 0.3) is 5.24 Å². The fourth-order valence-electron chi connectivity index (χ4n) is 1.56. The molecule has 2 amide bonds. The van der Waals surface area contributed by atoms with Gasteiger partial charge in [0.05, 0.1) is 5.69 Å². The van der Waals surface area contributed by atoms with Gasteiger partial charge in [-0.1, -0.05) is 23.9 Å². The Morgan fingerprint density at radius 3 is 2.68 bits per heavy atom. The molecule has 1 aliphatic heterocycles. The average Bonchev–Trinajstić information content (AvgIpc) is 2.75. The zero-order chi connectivity index (χ0) is 14.0. The van der Waals surface area contributed by atoms with Gasteiger partial charge in [0.15, 0.2) is 0 Å². The van der Waals surface area contributed by atoms with Crippen molar-refractivity contribution >= 4 is 38.6 Å². The van der Waals surface area contributed by atoms with Crippen molar-refractivity contribution in [3.8, 4) is 0 Å². The van der Waals surface area contributed by atoms with Gasteiger partial charge in [0, 0.05) is 5.75 Å². The zero-order valence-corrected chi connectivity index (χ0v) is 11.3. The highest BCUT2D eigenvalue weighted by molar-refractivity contribution is 8.14. The van der Waals surface area contributed by atoms with Crippen LogP contribution in [0.1, 0.15) is 0 Å². The summed E-state index contributed by atoms with van der Waals surface area (Å²) >= 11 is 1.00. The van der Waals surface area contributed by atoms with Crippen LogP contribution in [0.15, 0.2) is 29.2 Å². The van der Waals surface area contributed by atoms with Crippen molar-refractivity contribution in [2.24, 2.45) is 5.14 Å². The van der Waals surface area contributed by atoms with Crippen LogP contribution in [0, 0.1) is 0 Å². The quantitative estimate of drug-likeness (QED) is 0.731. The predicted octanol–water partition coefficient (Wildman–Crippen LogP) is 0.0975. The molecule has 0 spiro atoms. The van der Waals surface area contributed by atoms with Gasteiger partial charge in [-0.15, -0.1) is 0 Å². The summed E-state index contributed by atoms with van der Waals surface area (Å²) in [6.07, 6.45) is 0. The van der Waals surface area contributed by atoms with Crippen molar-refractivity contribution in [3.05, 3.63) is 24.3 Å². The number of rotatable bonds is 3. The number of hydrogen-bond donors (Lipinski definition) is 3. The number of hydrogen-bond acceptors (Lipinski definition) is 5. The highest BCUT2D eigenvalue weighted by Crippen LogP contribution is 2.21. The van der Waals surface area contributed by atoms with Gasteiger partial charge in [-0.25, -0.2) is 13.6 Å². The van der Waals surface area contributed by atoms with Crippen LogP contribution in [0.5, 0.6) is 0 Å². The number of nitrogens with two attached hydrogens (primary N) is 1. The van der Waals surface area contributed by atoms with Crippen molar-refractivity contribution in [3.63, 3.8) is 0 Å². The molecular formula is C10H11N3O4S2. The summed E-state index contributed by atoms with van der Waals surface area (Å²) < 4.78 is 22.7. The Morgan fingerprint density at radius 1 is 1.42 bits per heavy atom. The summed E-state index contributed by atoms with van der Waals surface area (Å²) in [7, 11) is -3.92. The molecule has 0 aromatic heterocycles. The molecule has 0 saturated carbocycles. The molecule has 0 bridgehead atoms. The lowest BCUT2D eigenvalue weighted by molar-refractivity contribution is -0.117. The minimum atomic E-state index is -3.92. The number of carbonyl (C=O) groups is 2. The molecule has 19 heavy (non-hydrogen) atoms. The van der Waals surface area contributed by atoms with Crippen LogP contribution in [0.25, 0.3) is 0 Å². The molecule has 1 saturated heterocycles. The Hall–Kier alpha value is -1.58. The monoisotopic (exact) mass is 301 g/mol. The predicted molar refractivity (Wildman–Crippen MR) is 71.2 cm³/mol. The lowest BCUT2D eigenvalue weighted by atomic mass is 10.2. The second-order valence-electron chi connectivity index (χ2n) is 3.83. The molecule has 1 atom stereocenters. The summed E-state index contributed by atoms with van der Waals surface area (Å²) in [6.45, 7) is 0. The summed E-state index contributed by atoms with van der Waals surface area (Å²) in [5, 5.41) is 9.69. The maximum absolute atomic E-state index is 11.9. The Bertz CT molecular complexity index is 629. The molecule has 1 heterocycles. The minimum Gasteiger partial charge on any atom is -0.334 e. The third-order valence-corrected chi connectivity index (χ3v) is 4.29. The molecule has 4 N–H and O–H groups in total. The first kappa shape index (κ1) is 13.8. The molecule has 2 rings (SSSR count). The van der Waals surface area contributed by atoms with Gasteiger partial charge < -0.3 is 10.6 Å². The summed E-state index contributed by atoms with van der Waals surface area (Å²) in [6, 6.07) is 5.13. The van der Waals surface area contributed by atoms with E-state index in [-0.39, 0.29) is 15.8 Å². The van der Waals surface area contributed by atoms with E-state index in [0.717, 1.165) is 11.8 Å². The molecule has 9 heteroatoms. The number of benzene rings is 1. The number of nitrogens with one attached hydrogen (secondary N) is 2. The van der Waals surface area contributed by atoms with Crippen molar-refractivity contribution < 1.29 is 18.0 Å². The van der Waals surface area contributed by atoms with Gasteiger partial charge >= 0.3 is 0 Å². The Kier molecular flexibility index (Phi) is 3.78. The molecule has 102 valence electrons. The van der Waals surface area contributed by atoms with Crippen LogP contribution in [0.3, 0.4) is 0 Å². The summed E-state index contributed by atoms with van der Waals surface area (Å²) in [4.78, 5) is 22.7. The van der Waals surface area contributed by atoms with Crippen molar-refractivity contribution in [2.45, 2.75) is 10.9 Å². The van der Waals surface area contributed by atoms with Crippen LogP contribution in [0.4, 0.5) is 10.5 Å². The maximum atomic E-state index is 11.9. The molecule has 1 fully saturated rings. The lowest BCUT2D eigenvalue weighted by Gasteiger charge is -2.12. The lowest BCUT2D eigenvalue weighted by Crippen LogP contribution is -2.39. The molecule has 1 aromatic rings. The number of sulfonamides is 1. The number of anilines is 1. The molecule has 7 nitrogen and oxygen atoms in total.